The van der Waals surface area contributed by atoms with Crippen molar-refractivity contribution in [1.29, 1.82) is 0 Å². The van der Waals surface area contributed by atoms with Gasteiger partial charge in [-0.05, 0) is 18.2 Å². The van der Waals surface area contributed by atoms with Crippen LogP contribution in [0.15, 0.2) is 63.7 Å². The van der Waals surface area contributed by atoms with Crippen molar-refractivity contribution in [2.24, 2.45) is 0 Å². The van der Waals surface area contributed by atoms with Gasteiger partial charge in [0.25, 0.3) is 5.56 Å². The van der Waals surface area contributed by atoms with Crippen LogP contribution in [0.4, 0.5) is 10.8 Å². The molecular weight excluding hydrogens is 436 g/mol. The summed E-state index contributed by atoms with van der Waals surface area (Å²) < 4.78 is 28.2. The molecule has 0 saturated heterocycles. The summed E-state index contributed by atoms with van der Waals surface area (Å²) in [6, 6.07) is 11.7. The third-order valence-electron chi connectivity index (χ3n) is 4.69. The maximum Gasteiger partial charge on any atom is 0.250 e. The number of hydrogen-bond donors (Lipinski definition) is 0. The zero-order chi connectivity index (χ0) is 22.6. The first-order valence-electron chi connectivity index (χ1n) is 9.78. The van der Waals surface area contributed by atoms with Crippen molar-refractivity contribution in [3.05, 3.63) is 70.1 Å². The number of pyridine rings is 1. The van der Waals surface area contributed by atoms with E-state index in [0.29, 0.717) is 29.6 Å². The summed E-state index contributed by atoms with van der Waals surface area (Å²) in [5.74, 6) is -0.184. The fraction of sp³-hybridized carbons (Fsp3) is 0.286. The van der Waals surface area contributed by atoms with Crippen LogP contribution >= 0.6 is 11.3 Å². The molecule has 10 heteroatoms. The van der Waals surface area contributed by atoms with Gasteiger partial charge in [-0.3, -0.25) is 14.5 Å². The fourth-order valence-corrected chi connectivity index (χ4v) is 5.50. The lowest BCUT2D eigenvalue weighted by atomic mass is 10.3. The van der Waals surface area contributed by atoms with Crippen LogP contribution in [-0.2, 0) is 21.4 Å². The number of para-hydroxylation sites is 1. The number of carbonyl (C=O) groups is 1. The topological polar surface area (TPSA) is 92.6 Å². The van der Waals surface area contributed by atoms with E-state index in [2.05, 4.69) is 4.98 Å². The number of aromatic nitrogens is 2. The van der Waals surface area contributed by atoms with Gasteiger partial charge in [-0.2, -0.15) is 4.31 Å². The molecule has 1 amide bonds. The summed E-state index contributed by atoms with van der Waals surface area (Å²) >= 11 is 1.28. The second-order valence-corrected chi connectivity index (χ2v) is 9.51. The highest BCUT2D eigenvalue weighted by Gasteiger charge is 2.23. The SMILES string of the molecule is CCN(CC)S(=O)(=O)c1ccc(=O)n(Cc2csc(N(C(C)=O)c3ccccc3)n2)c1. The van der Waals surface area contributed by atoms with Crippen molar-refractivity contribution < 1.29 is 13.2 Å². The van der Waals surface area contributed by atoms with Gasteiger partial charge in [-0.25, -0.2) is 13.4 Å². The van der Waals surface area contributed by atoms with E-state index in [-0.39, 0.29) is 22.9 Å². The molecule has 3 aromatic rings. The molecule has 0 bridgehead atoms. The normalized spacial score (nSPS) is 11.6. The van der Waals surface area contributed by atoms with Gasteiger partial charge in [0.1, 0.15) is 0 Å². The van der Waals surface area contributed by atoms with Crippen molar-refractivity contribution in [2.45, 2.75) is 32.2 Å². The molecule has 2 aromatic heterocycles. The Labute approximate surface area is 185 Å². The predicted octanol–water partition coefficient (Wildman–Crippen LogP) is 3.07. The highest BCUT2D eigenvalue weighted by molar-refractivity contribution is 7.89. The van der Waals surface area contributed by atoms with Gasteiger partial charge >= 0.3 is 0 Å². The first kappa shape index (κ1) is 22.9. The Hall–Kier alpha value is -2.82. The molecule has 0 atom stereocenters. The van der Waals surface area contributed by atoms with E-state index in [9.17, 15) is 18.0 Å². The van der Waals surface area contributed by atoms with Crippen LogP contribution in [0.5, 0.6) is 0 Å². The van der Waals surface area contributed by atoms with E-state index in [4.69, 9.17) is 0 Å². The Morgan fingerprint density at radius 2 is 1.77 bits per heavy atom. The Morgan fingerprint density at radius 1 is 1.10 bits per heavy atom. The minimum atomic E-state index is -3.69. The predicted molar refractivity (Wildman–Crippen MR) is 121 cm³/mol. The maximum atomic E-state index is 12.8. The van der Waals surface area contributed by atoms with Crippen LogP contribution in [0.25, 0.3) is 0 Å². The van der Waals surface area contributed by atoms with E-state index < -0.39 is 10.0 Å². The van der Waals surface area contributed by atoms with E-state index in [1.54, 1.807) is 19.2 Å². The van der Waals surface area contributed by atoms with Crippen molar-refractivity contribution >= 4 is 38.1 Å². The molecular formula is C21H24N4O4S2. The van der Waals surface area contributed by atoms with Crippen LogP contribution in [0, 0.1) is 0 Å². The number of carbonyl (C=O) groups excluding carboxylic acids is 1. The summed E-state index contributed by atoms with van der Waals surface area (Å²) in [5.41, 5.74) is 0.918. The lowest BCUT2D eigenvalue weighted by Crippen LogP contribution is -2.32. The van der Waals surface area contributed by atoms with Crippen LogP contribution < -0.4 is 10.5 Å². The standard InChI is InChI=1S/C21H24N4O4S2/c1-4-24(5-2)31(28,29)19-11-12-20(27)23(14-19)13-17-15-30-21(22-17)25(16(3)26)18-9-7-6-8-10-18/h6-12,14-15H,4-5,13H2,1-3H3. The Balaban J connectivity index is 1.92. The zero-order valence-electron chi connectivity index (χ0n) is 17.6. The van der Waals surface area contributed by atoms with Crippen molar-refractivity contribution in [3.63, 3.8) is 0 Å². The molecule has 0 spiro atoms. The Kier molecular flexibility index (Phi) is 7.04. The smallest absolute Gasteiger partial charge is 0.250 e. The fourth-order valence-electron chi connectivity index (χ4n) is 3.15. The van der Waals surface area contributed by atoms with Gasteiger partial charge in [0, 0.05) is 37.7 Å². The Bertz CT molecular complexity index is 1220. The molecule has 0 fully saturated rings. The molecule has 0 radical (unpaired) electrons. The van der Waals surface area contributed by atoms with Gasteiger partial charge in [-0.1, -0.05) is 32.0 Å². The number of benzene rings is 1. The number of nitrogens with zero attached hydrogens (tertiary/aromatic N) is 4. The van der Waals surface area contributed by atoms with Gasteiger partial charge in [0.2, 0.25) is 15.9 Å². The molecule has 1 aromatic carbocycles. The molecule has 3 rings (SSSR count). The van der Waals surface area contributed by atoms with Crippen molar-refractivity contribution in [2.75, 3.05) is 18.0 Å². The van der Waals surface area contributed by atoms with Gasteiger partial charge in [0.15, 0.2) is 5.13 Å². The largest absolute Gasteiger partial charge is 0.308 e. The Morgan fingerprint density at radius 3 is 2.39 bits per heavy atom. The number of anilines is 2. The zero-order valence-corrected chi connectivity index (χ0v) is 19.2. The second kappa shape index (κ2) is 9.54. The number of sulfonamides is 1. The van der Waals surface area contributed by atoms with Crippen LogP contribution in [-0.4, -0.2) is 41.3 Å². The van der Waals surface area contributed by atoms with E-state index in [1.165, 1.54) is 50.4 Å². The van der Waals surface area contributed by atoms with Gasteiger partial charge < -0.3 is 4.57 Å². The molecule has 0 N–H and O–H groups in total. The lowest BCUT2D eigenvalue weighted by Gasteiger charge is -2.19. The monoisotopic (exact) mass is 460 g/mol. The van der Waals surface area contributed by atoms with Crippen LogP contribution in [0.2, 0.25) is 0 Å². The number of thiazole rings is 1. The minimum absolute atomic E-state index is 0.0564. The summed E-state index contributed by atoms with van der Waals surface area (Å²) in [7, 11) is -3.69. The third kappa shape index (κ3) is 4.92. The maximum absolute atomic E-state index is 12.8. The van der Waals surface area contributed by atoms with Crippen molar-refractivity contribution in [1.82, 2.24) is 13.9 Å². The second-order valence-electron chi connectivity index (χ2n) is 6.73. The first-order valence-corrected chi connectivity index (χ1v) is 12.1. The number of hydrogen-bond acceptors (Lipinski definition) is 6. The highest BCUT2D eigenvalue weighted by Crippen LogP contribution is 2.29. The molecule has 8 nitrogen and oxygen atoms in total. The van der Waals surface area contributed by atoms with Crippen LogP contribution in [0.1, 0.15) is 26.5 Å². The van der Waals surface area contributed by atoms with Gasteiger partial charge in [0.05, 0.1) is 22.8 Å². The number of rotatable bonds is 8. The molecule has 0 aliphatic carbocycles. The number of amides is 1. The molecule has 31 heavy (non-hydrogen) atoms. The van der Waals surface area contributed by atoms with E-state index in [0.717, 1.165) is 0 Å². The van der Waals surface area contributed by atoms with Gasteiger partial charge in [-0.15, -0.1) is 11.3 Å². The highest BCUT2D eigenvalue weighted by atomic mass is 32.2. The summed E-state index contributed by atoms with van der Waals surface area (Å²) in [4.78, 5) is 30.6. The molecule has 0 aliphatic rings. The van der Waals surface area contributed by atoms with E-state index in [1.807, 2.05) is 30.3 Å². The lowest BCUT2D eigenvalue weighted by molar-refractivity contribution is -0.115. The molecule has 0 aliphatic heterocycles. The average Bonchev–Trinajstić information content (AvgIpc) is 3.18. The molecule has 2 heterocycles. The summed E-state index contributed by atoms with van der Waals surface area (Å²) in [5, 5.41) is 2.24. The quantitative estimate of drug-likeness (QED) is 0.515. The average molecular weight is 461 g/mol. The summed E-state index contributed by atoms with van der Waals surface area (Å²) in [6.45, 7) is 5.77. The van der Waals surface area contributed by atoms with Crippen molar-refractivity contribution in [3.8, 4) is 0 Å². The van der Waals surface area contributed by atoms with E-state index >= 15 is 0 Å². The first-order chi connectivity index (χ1) is 14.8. The molecule has 164 valence electrons. The van der Waals surface area contributed by atoms with Crippen LogP contribution in [0.3, 0.4) is 0 Å². The molecule has 0 unspecified atom stereocenters. The summed E-state index contributed by atoms with van der Waals surface area (Å²) in [6.07, 6.45) is 1.34. The third-order valence-corrected chi connectivity index (χ3v) is 7.60. The molecule has 0 saturated carbocycles. The minimum Gasteiger partial charge on any atom is -0.308 e.